The van der Waals surface area contributed by atoms with Gasteiger partial charge >= 0.3 is 17.9 Å². The minimum absolute atomic E-state index is 0.118. The van der Waals surface area contributed by atoms with Crippen molar-refractivity contribution in [2.75, 3.05) is 13.2 Å². The van der Waals surface area contributed by atoms with Crippen molar-refractivity contribution in [1.29, 1.82) is 0 Å². The van der Waals surface area contributed by atoms with Crippen molar-refractivity contribution in [1.82, 2.24) is 0 Å². The van der Waals surface area contributed by atoms with Gasteiger partial charge in [0.2, 0.25) is 0 Å². The van der Waals surface area contributed by atoms with Crippen molar-refractivity contribution < 1.29 is 28.6 Å². The molecular weight excluding hydrogens is 877 g/mol. The summed E-state index contributed by atoms with van der Waals surface area (Å²) in [7, 11) is 0. The van der Waals surface area contributed by atoms with Gasteiger partial charge in [-0.2, -0.15) is 0 Å². The fraction of sp³-hybridized carbons (Fsp3) is 0.708. The fourth-order valence-electron chi connectivity index (χ4n) is 8.08. The minimum Gasteiger partial charge on any atom is -0.462 e. The summed E-state index contributed by atoms with van der Waals surface area (Å²) in [6, 6.07) is 0. The maximum Gasteiger partial charge on any atom is 0.306 e. The van der Waals surface area contributed by atoms with Crippen LogP contribution in [0.1, 0.15) is 278 Å². The van der Waals surface area contributed by atoms with Gasteiger partial charge in [-0.1, -0.05) is 259 Å². The molecule has 0 fully saturated rings. The molecule has 0 spiro atoms. The molecule has 0 aromatic heterocycles. The third-order valence-electron chi connectivity index (χ3n) is 12.6. The van der Waals surface area contributed by atoms with Crippen LogP contribution in [0.3, 0.4) is 0 Å². The maximum atomic E-state index is 12.8. The number of allylic oxidation sites excluding steroid dienone is 16. The third kappa shape index (κ3) is 57.1. The lowest BCUT2D eigenvalue weighted by Crippen LogP contribution is -2.30. The van der Waals surface area contributed by atoms with E-state index in [2.05, 4.69) is 112 Å². The average Bonchev–Trinajstić information content (AvgIpc) is 3.37. The first kappa shape index (κ1) is 67.3. The highest BCUT2D eigenvalue weighted by atomic mass is 16.6. The topological polar surface area (TPSA) is 78.9 Å². The molecule has 0 rings (SSSR count). The lowest BCUT2D eigenvalue weighted by molar-refractivity contribution is -0.166. The number of esters is 3. The Hall–Kier alpha value is -3.67. The summed E-state index contributed by atoms with van der Waals surface area (Å²) in [6.45, 7) is 6.51. The molecule has 0 radical (unpaired) electrons. The van der Waals surface area contributed by atoms with Gasteiger partial charge in [-0.15, -0.1) is 0 Å². The van der Waals surface area contributed by atoms with Crippen molar-refractivity contribution in [3.63, 3.8) is 0 Å². The molecule has 0 heterocycles. The van der Waals surface area contributed by atoms with Crippen molar-refractivity contribution in [3.05, 3.63) is 97.2 Å². The zero-order valence-corrected chi connectivity index (χ0v) is 46.5. The van der Waals surface area contributed by atoms with Gasteiger partial charge in [0.15, 0.2) is 6.10 Å². The predicted octanol–water partition coefficient (Wildman–Crippen LogP) is 20.1. The average molecular weight is 988 g/mol. The van der Waals surface area contributed by atoms with Gasteiger partial charge in [0.05, 0.1) is 0 Å². The van der Waals surface area contributed by atoms with Gasteiger partial charge in [0.1, 0.15) is 13.2 Å². The van der Waals surface area contributed by atoms with E-state index in [4.69, 9.17) is 14.2 Å². The molecule has 0 aromatic rings. The number of unbranched alkanes of at least 4 members (excludes halogenated alkanes) is 26. The van der Waals surface area contributed by atoms with Crippen LogP contribution in [0, 0.1) is 0 Å². The third-order valence-corrected chi connectivity index (χ3v) is 12.6. The Balaban J connectivity index is 4.52. The molecule has 0 N–H and O–H groups in total. The Labute approximate surface area is 438 Å². The Morgan fingerprint density at radius 2 is 0.535 bits per heavy atom. The van der Waals surface area contributed by atoms with Crippen molar-refractivity contribution in [3.8, 4) is 0 Å². The highest BCUT2D eigenvalue weighted by Gasteiger charge is 2.19. The van der Waals surface area contributed by atoms with E-state index in [0.29, 0.717) is 25.7 Å². The molecule has 0 saturated carbocycles. The first-order valence-electron chi connectivity index (χ1n) is 29.7. The molecule has 0 saturated heterocycles. The summed E-state index contributed by atoms with van der Waals surface area (Å²) in [6.07, 6.45) is 78.4. The van der Waals surface area contributed by atoms with Crippen LogP contribution in [0.15, 0.2) is 97.2 Å². The monoisotopic (exact) mass is 987 g/mol. The van der Waals surface area contributed by atoms with Crippen LogP contribution >= 0.6 is 0 Å². The standard InChI is InChI=1S/C65H110O6/c1-4-7-10-13-16-19-22-25-28-30-32-34-37-40-43-46-49-52-55-58-64(67)70-61-62(60-69-63(66)57-54-51-48-45-42-39-36-27-24-21-18-15-12-9-6-3)71-65(68)59-56-53-50-47-44-41-38-35-33-31-29-26-23-20-17-14-11-8-5-2/h17-18,20-21,26-27,29,33,35-36,41-42,44-45,50,53,62H,4-16,19,22-25,28,30-32,34,37-40,43,46-49,51-52,54-61H2,1-3H3/b20-17-,21-18-,29-26-,35-33-,36-27-,44-41-,45-42-,53-50-/t62-/m1/s1. The maximum absolute atomic E-state index is 12.8. The number of ether oxygens (including phenoxy) is 3. The van der Waals surface area contributed by atoms with Crippen molar-refractivity contribution >= 4 is 17.9 Å². The fourth-order valence-corrected chi connectivity index (χ4v) is 8.08. The second-order valence-corrected chi connectivity index (χ2v) is 19.6. The van der Waals surface area contributed by atoms with Gasteiger partial charge in [-0.25, -0.2) is 0 Å². The molecule has 0 aliphatic heterocycles. The number of carbonyl (C=O) groups is 3. The summed E-state index contributed by atoms with van der Waals surface area (Å²) >= 11 is 0. The predicted molar refractivity (Wildman–Crippen MR) is 307 cm³/mol. The summed E-state index contributed by atoms with van der Waals surface area (Å²) < 4.78 is 16.8. The van der Waals surface area contributed by atoms with E-state index in [1.807, 2.05) is 6.08 Å². The van der Waals surface area contributed by atoms with Crippen LogP contribution < -0.4 is 0 Å². The molecule has 6 nitrogen and oxygen atoms in total. The van der Waals surface area contributed by atoms with Crippen LogP contribution in [0.25, 0.3) is 0 Å². The molecule has 0 bridgehead atoms. The van der Waals surface area contributed by atoms with Crippen molar-refractivity contribution in [2.45, 2.75) is 284 Å². The molecule has 1 atom stereocenters. The number of hydrogen-bond acceptors (Lipinski definition) is 6. The van der Waals surface area contributed by atoms with Gasteiger partial charge in [-0.05, 0) is 96.3 Å². The second kappa shape index (κ2) is 58.9. The molecule has 6 heteroatoms. The molecular formula is C65H110O6. The van der Waals surface area contributed by atoms with Crippen LogP contribution in [0.4, 0.5) is 0 Å². The zero-order chi connectivity index (χ0) is 51.4. The van der Waals surface area contributed by atoms with Crippen molar-refractivity contribution in [2.24, 2.45) is 0 Å². The highest BCUT2D eigenvalue weighted by Crippen LogP contribution is 2.16. The van der Waals surface area contributed by atoms with Gasteiger partial charge < -0.3 is 14.2 Å². The molecule has 0 aliphatic rings. The van der Waals surface area contributed by atoms with Gasteiger partial charge in [0, 0.05) is 19.3 Å². The molecule has 0 unspecified atom stereocenters. The highest BCUT2D eigenvalue weighted by molar-refractivity contribution is 5.71. The smallest absolute Gasteiger partial charge is 0.306 e. The van der Waals surface area contributed by atoms with Gasteiger partial charge in [-0.3, -0.25) is 14.4 Å². The van der Waals surface area contributed by atoms with Crippen LogP contribution in [-0.2, 0) is 28.6 Å². The zero-order valence-electron chi connectivity index (χ0n) is 46.5. The summed E-state index contributed by atoms with van der Waals surface area (Å²) in [4.78, 5) is 38.1. The Bertz CT molecular complexity index is 1410. The summed E-state index contributed by atoms with van der Waals surface area (Å²) in [5.41, 5.74) is 0. The normalized spacial score (nSPS) is 12.8. The van der Waals surface area contributed by atoms with Gasteiger partial charge in [0.25, 0.3) is 0 Å². The molecule has 0 aromatic carbocycles. The van der Waals surface area contributed by atoms with E-state index in [-0.39, 0.29) is 31.6 Å². The summed E-state index contributed by atoms with van der Waals surface area (Å²) in [5, 5.41) is 0. The molecule has 406 valence electrons. The number of rotatable bonds is 53. The Morgan fingerprint density at radius 3 is 0.873 bits per heavy atom. The number of carbonyl (C=O) groups excluding carboxylic acids is 3. The lowest BCUT2D eigenvalue weighted by atomic mass is 10.0. The van der Waals surface area contributed by atoms with E-state index < -0.39 is 12.1 Å². The molecule has 0 aliphatic carbocycles. The van der Waals surface area contributed by atoms with E-state index in [9.17, 15) is 14.4 Å². The van der Waals surface area contributed by atoms with E-state index in [0.717, 1.165) is 70.6 Å². The molecule has 71 heavy (non-hydrogen) atoms. The molecule has 0 amide bonds. The Morgan fingerprint density at radius 1 is 0.282 bits per heavy atom. The largest absolute Gasteiger partial charge is 0.462 e. The minimum atomic E-state index is -0.833. The number of hydrogen-bond donors (Lipinski definition) is 0. The quantitative estimate of drug-likeness (QED) is 0.0261. The summed E-state index contributed by atoms with van der Waals surface area (Å²) in [5.74, 6) is -1.04. The first-order chi connectivity index (χ1) is 35.0. The van der Waals surface area contributed by atoms with E-state index in [1.165, 1.54) is 154 Å². The van der Waals surface area contributed by atoms with E-state index in [1.54, 1.807) is 0 Å². The SMILES string of the molecule is CCCCC/C=C\C/C=C\C/C=C\C/C=C\C/C=C\CCC(=O)O[C@H](COC(=O)CCCC/C=C\C/C=C\C/C=C\CCCCC)COC(=O)CCCCCCCCCCCCCCCCCCCCC. The van der Waals surface area contributed by atoms with Crippen LogP contribution in [0.5, 0.6) is 0 Å². The second-order valence-electron chi connectivity index (χ2n) is 19.6. The Kier molecular flexibility index (Phi) is 55.9. The first-order valence-corrected chi connectivity index (χ1v) is 29.7. The lowest BCUT2D eigenvalue weighted by Gasteiger charge is -2.18. The van der Waals surface area contributed by atoms with Crippen LogP contribution in [-0.4, -0.2) is 37.2 Å². The van der Waals surface area contributed by atoms with Crippen LogP contribution in [0.2, 0.25) is 0 Å². The van der Waals surface area contributed by atoms with E-state index >= 15 is 0 Å².